The minimum absolute atomic E-state index is 0.0131. The van der Waals surface area contributed by atoms with Crippen LogP contribution in [0.1, 0.15) is 19.3 Å². The fraction of sp³-hybridized carbons (Fsp3) is 0.619. The lowest BCUT2D eigenvalue weighted by Gasteiger charge is -2.35. The summed E-state index contributed by atoms with van der Waals surface area (Å²) >= 11 is 0. The number of nitrogens with zero attached hydrogens (tertiary/aromatic N) is 4. The number of methoxy groups -OCH3 is 1. The fourth-order valence-corrected chi connectivity index (χ4v) is 4.65. The molecule has 33 heavy (non-hydrogen) atoms. The molecule has 0 aliphatic heterocycles. The van der Waals surface area contributed by atoms with Gasteiger partial charge in [0.2, 0.25) is 0 Å². The summed E-state index contributed by atoms with van der Waals surface area (Å²) < 4.78 is 13.0. The number of ether oxygens (including phenoxy) is 2. The van der Waals surface area contributed by atoms with Gasteiger partial charge in [0.25, 0.3) is 0 Å². The summed E-state index contributed by atoms with van der Waals surface area (Å²) in [6, 6.07) is 2.71. The highest BCUT2D eigenvalue weighted by Gasteiger charge is 2.30. The number of nitrogen functional groups attached to an aromatic ring is 1. The molecule has 1 saturated carbocycles. The molecule has 0 saturated heterocycles. The zero-order valence-corrected chi connectivity index (χ0v) is 20.7. The van der Waals surface area contributed by atoms with Gasteiger partial charge < -0.3 is 30.9 Å². The van der Waals surface area contributed by atoms with Crippen LogP contribution in [0.2, 0.25) is 25.7 Å². The minimum Gasteiger partial charge on any atom is -0.465 e. The molecule has 3 rings (SSSR count). The predicted molar refractivity (Wildman–Crippen MR) is 129 cm³/mol. The van der Waals surface area contributed by atoms with Gasteiger partial charge in [-0.15, -0.1) is 0 Å². The second-order valence-electron chi connectivity index (χ2n) is 9.64. The van der Waals surface area contributed by atoms with Crippen LogP contribution in [0.25, 0.3) is 11.5 Å². The first-order valence-electron chi connectivity index (χ1n) is 11.1. The van der Waals surface area contributed by atoms with Crippen molar-refractivity contribution in [3.8, 4) is 11.5 Å². The number of carboxylic acid groups (broad SMARTS) is 1. The first-order chi connectivity index (χ1) is 15.6. The zero-order valence-electron chi connectivity index (χ0n) is 19.7. The summed E-state index contributed by atoms with van der Waals surface area (Å²) in [5.74, 6) is 0.592. The van der Waals surface area contributed by atoms with Crippen LogP contribution in [0.3, 0.4) is 0 Å². The molecule has 1 amide bonds. The lowest BCUT2D eigenvalue weighted by Crippen LogP contribution is -2.46. The molecule has 0 radical (unpaired) electrons. The molecule has 182 valence electrons. The summed E-state index contributed by atoms with van der Waals surface area (Å²) in [4.78, 5) is 19.9. The van der Waals surface area contributed by atoms with Gasteiger partial charge in [0.1, 0.15) is 18.8 Å². The molecule has 1 aliphatic carbocycles. The Balaban J connectivity index is 1.70. The zero-order chi connectivity index (χ0) is 24.0. The number of rotatable bonds is 10. The summed E-state index contributed by atoms with van der Waals surface area (Å²) in [5, 5.41) is 19.4. The Labute approximate surface area is 195 Å². The molecule has 2 aromatic heterocycles. The maximum absolute atomic E-state index is 11.1. The highest BCUT2D eigenvalue weighted by atomic mass is 28.3. The average Bonchev–Trinajstić information content (AvgIpc) is 3.20. The van der Waals surface area contributed by atoms with Crippen molar-refractivity contribution in [2.75, 3.05) is 24.8 Å². The van der Waals surface area contributed by atoms with Crippen molar-refractivity contribution in [2.24, 2.45) is 0 Å². The average molecular weight is 478 g/mol. The topological polar surface area (TPSA) is 149 Å². The molecule has 0 aromatic carbocycles. The molecule has 12 heteroatoms. The smallest absolute Gasteiger partial charge is 0.404 e. The predicted octanol–water partition coefficient (Wildman–Crippen LogP) is 2.85. The van der Waals surface area contributed by atoms with Gasteiger partial charge in [0.05, 0.1) is 23.7 Å². The Morgan fingerprint density at radius 3 is 2.73 bits per heavy atom. The van der Waals surface area contributed by atoms with Crippen molar-refractivity contribution in [2.45, 2.75) is 69.9 Å². The lowest BCUT2D eigenvalue weighted by atomic mass is 9.88. The number of hydrogen-bond acceptors (Lipinski definition) is 8. The van der Waals surface area contributed by atoms with Crippen molar-refractivity contribution in [3.63, 3.8) is 0 Å². The van der Waals surface area contributed by atoms with Crippen molar-refractivity contribution in [3.05, 3.63) is 18.6 Å². The quantitative estimate of drug-likeness (QED) is 0.299. The van der Waals surface area contributed by atoms with Gasteiger partial charge in [-0.05, 0) is 31.4 Å². The largest absolute Gasteiger partial charge is 0.465 e. The van der Waals surface area contributed by atoms with Crippen LogP contribution in [-0.2, 0) is 16.2 Å². The number of amides is 1. The molecule has 11 nitrogen and oxygen atoms in total. The molecule has 3 unspecified atom stereocenters. The highest BCUT2D eigenvalue weighted by molar-refractivity contribution is 6.76. The van der Waals surface area contributed by atoms with E-state index in [-0.39, 0.29) is 18.2 Å². The van der Waals surface area contributed by atoms with Crippen LogP contribution in [-0.4, -0.2) is 70.9 Å². The van der Waals surface area contributed by atoms with Gasteiger partial charge in [-0.25, -0.2) is 14.5 Å². The van der Waals surface area contributed by atoms with E-state index in [1.165, 1.54) is 6.33 Å². The number of aromatic nitrogens is 4. The molecule has 0 spiro atoms. The molecule has 1 fully saturated rings. The third kappa shape index (κ3) is 7.40. The lowest BCUT2D eigenvalue weighted by molar-refractivity contribution is 0.0546. The molecule has 3 atom stereocenters. The summed E-state index contributed by atoms with van der Waals surface area (Å²) in [5.41, 5.74) is 8.02. The van der Waals surface area contributed by atoms with E-state index >= 15 is 0 Å². The number of carbonyl (C=O) groups is 1. The standard InChI is InChI=1S/C21H35N7O4Si/c1-31-16-8-14(7-15(9-16)27-21(29)30)26-18-10-19(23-11-17(18)22)20-24-12-25-28(20)13-32-5-6-33(2,3)4/h10-12,14-16,27H,5-9,13,22H2,1-4H3,(H,23,26)(H,29,30). The van der Waals surface area contributed by atoms with Crippen LogP contribution < -0.4 is 16.4 Å². The maximum Gasteiger partial charge on any atom is 0.404 e. The van der Waals surface area contributed by atoms with E-state index in [0.29, 0.717) is 49.1 Å². The van der Waals surface area contributed by atoms with Gasteiger partial charge >= 0.3 is 6.09 Å². The number of nitrogens with one attached hydrogen (secondary N) is 2. The van der Waals surface area contributed by atoms with Crippen LogP contribution >= 0.6 is 0 Å². The Morgan fingerprint density at radius 1 is 1.27 bits per heavy atom. The maximum atomic E-state index is 11.1. The highest BCUT2D eigenvalue weighted by Crippen LogP contribution is 2.29. The molecular weight excluding hydrogens is 442 g/mol. The Bertz CT molecular complexity index is 934. The summed E-state index contributed by atoms with van der Waals surface area (Å²) in [6.45, 7) is 7.92. The first kappa shape index (κ1) is 24.9. The van der Waals surface area contributed by atoms with Crippen molar-refractivity contribution < 1.29 is 19.4 Å². The third-order valence-electron chi connectivity index (χ3n) is 5.67. The molecule has 5 N–H and O–H groups in total. The monoisotopic (exact) mass is 477 g/mol. The van der Waals surface area contributed by atoms with Crippen LogP contribution in [0.4, 0.5) is 16.2 Å². The Hall–Kier alpha value is -2.70. The summed E-state index contributed by atoms with van der Waals surface area (Å²) in [7, 11) is 0.476. The van der Waals surface area contributed by atoms with Crippen LogP contribution in [0.5, 0.6) is 0 Å². The summed E-state index contributed by atoms with van der Waals surface area (Å²) in [6.07, 6.45) is 4.00. The van der Waals surface area contributed by atoms with E-state index in [1.807, 2.05) is 6.07 Å². The van der Waals surface area contributed by atoms with Gasteiger partial charge in [-0.3, -0.25) is 4.98 Å². The van der Waals surface area contributed by atoms with E-state index < -0.39 is 14.2 Å². The number of hydrogen-bond donors (Lipinski definition) is 4. The third-order valence-corrected chi connectivity index (χ3v) is 7.38. The van der Waals surface area contributed by atoms with Crippen molar-refractivity contribution in [1.29, 1.82) is 0 Å². The number of anilines is 2. The minimum atomic E-state index is -1.16. The number of pyridine rings is 1. The van der Waals surface area contributed by atoms with E-state index in [2.05, 4.69) is 45.3 Å². The SMILES string of the molecule is COC1CC(NC(=O)O)CC(Nc2cc(-c3ncnn3COCC[Si](C)(C)C)ncc2N)C1. The number of nitrogens with two attached hydrogens (primary N) is 1. The van der Waals surface area contributed by atoms with Gasteiger partial charge in [0.15, 0.2) is 5.82 Å². The van der Waals surface area contributed by atoms with Gasteiger partial charge in [-0.2, -0.15) is 5.10 Å². The first-order valence-corrected chi connectivity index (χ1v) is 14.9. The van der Waals surface area contributed by atoms with E-state index in [0.717, 1.165) is 12.5 Å². The van der Waals surface area contributed by atoms with Crippen molar-refractivity contribution in [1.82, 2.24) is 25.1 Å². The molecule has 0 bridgehead atoms. The Kier molecular flexibility index (Phi) is 8.27. The second-order valence-corrected chi connectivity index (χ2v) is 15.3. The van der Waals surface area contributed by atoms with Crippen LogP contribution in [0.15, 0.2) is 18.6 Å². The van der Waals surface area contributed by atoms with E-state index in [9.17, 15) is 4.79 Å². The van der Waals surface area contributed by atoms with Crippen LogP contribution in [0, 0.1) is 0 Å². The van der Waals surface area contributed by atoms with E-state index in [1.54, 1.807) is 18.0 Å². The fourth-order valence-electron chi connectivity index (χ4n) is 3.89. The van der Waals surface area contributed by atoms with Gasteiger partial charge in [-0.1, -0.05) is 19.6 Å². The molecule has 1 aliphatic rings. The van der Waals surface area contributed by atoms with Gasteiger partial charge in [0, 0.05) is 33.9 Å². The Morgan fingerprint density at radius 2 is 2.03 bits per heavy atom. The molecule has 2 aromatic rings. The molecule has 2 heterocycles. The van der Waals surface area contributed by atoms with Crippen molar-refractivity contribution >= 4 is 25.5 Å². The molecular formula is C21H35N7O4Si. The second kappa shape index (κ2) is 10.9. The van der Waals surface area contributed by atoms with E-state index in [4.69, 9.17) is 20.3 Å². The normalized spacial score (nSPS) is 21.0.